The van der Waals surface area contributed by atoms with Crippen molar-refractivity contribution in [2.45, 2.75) is 37.6 Å². The maximum atomic E-state index is 12.8. The fraction of sp³-hybridized carbons (Fsp3) is 0.556. The normalized spacial score (nSPS) is 21.1. The number of hydrogen-bond acceptors (Lipinski definition) is 3. The third kappa shape index (κ3) is 3.64. The van der Waals surface area contributed by atoms with Crippen molar-refractivity contribution in [3.8, 4) is 0 Å². The standard InChI is InChI=1S/C18H23Cl2N3O2/c19-13-4-5-14(15(20)12-13)16(24)22-10-6-18(7-11-22,17(21)25)23-8-2-1-3-9-23/h4-5,12H,1-3,6-11H2,(H2,21,25). The largest absolute Gasteiger partial charge is 0.368 e. The Bertz CT molecular complexity index is 666. The van der Waals surface area contributed by atoms with Gasteiger partial charge in [0.2, 0.25) is 5.91 Å². The molecule has 0 aromatic heterocycles. The highest BCUT2D eigenvalue weighted by Gasteiger charge is 2.45. The topological polar surface area (TPSA) is 66.6 Å². The second-order valence-corrected chi connectivity index (χ2v) is 7.70. The quantitative estimate of drug-likeness (QED) is 0.872. The summed E-state index contributed by atoms with van der Waals surface area (Å²) < 4.78 is 0. The summed E-state index contributed by atoms with van der Waals surface area (Å²) in [6, 6.07) is 4.88. The minimum absolute atomic E-state index is 0.126. The Hall–Kier alpha value is -1.30. The highest BCUT2D eigenvalue weighted by molar-refractivity contribution is 6.36. The van der Waals surface area contributed by atoms with Gasteiger partial charge in [0, 0.05) is 18.1 Å². The summed E-state index contributed by atoms with van der Waals surface area (Å²) >= 11 is 12.1. The summed E-state index contributed by atoms with van der Waals surface area (Å²) in [7, 11) is 0. The van der Waals surface area contributed by atoms with E-state index in [4.69, 9.17) is 28.9 Å². The molecule has 0 spiro atoms. The first-order chi connectivity index (χ1) is 11.9. The van der Waals surface area contributed by atoms with E-state index in [0.717, 1.165) is 25.9 Å². The zero-order valence-corrected chi connectivity index (χ0v) is 15.7. The predicted molar refractivity (Wildman–Crippen MR) is 98.9 cm³/mol. The van der Waals surface area contributed by atoms with Crippen LogP contribution in [-0.2, 0) is 4.79 Å². The average Bonchev–Trinajstić information content (AvgIpc) is 2.62. The van der Waals surface area contributed by atoms with Crippen LogP contribution in [-0.4, -0.2) is 53.3 Å². The van der Waals surface area contributed by atoms with Crippen molar-refractivity contribution in [2.75, 3.05) is 26.2 Å². The van der Waals surface area contributed by atoms with Gasteiger partial charge in [-0.05, 0) is 57.0 Å². The van der Waals surface area contributed by atoms with Crippen molar-refractivity contribution >= 4 is 35.0 Å². The molecule has 5 nitrogen and oxygen atoms in total. The number of primary amides is 1. The van der Waals surface area contributed by atoms with Gasteiger partial charge in [-0.15, -0.1) is 0 Å². The van der Waals surface area contributed by atoms with E-state index in [1.165, 1.54) is 6.42 Å². The van der Waals surface area contributed by atoms with E-state index in [9.17, 15) is 9.59 Å². The Balaban J connectivity index is 1.73. The zero-order chi connectivity index (χ0) is 18.0. The number of amides is 2. The van der Waals surface area contributed by atoms with Crippen molar-refractivity contribution in [3.05, 3.63) is 33.8 Å². The van der Waals surface area contributed by atoms with Gasteiger partial charge in [-0.25, -0.2) is 0 Å². The molecule has 2 aliphatic heterocycles. The molecule has 2 N–H and O–H groups in total. The number of carbonyl (C=O) groups excluding carboxylic acids is 2. The van der Waals surface area contributed by atoms with Gasteiger partial charge in [0.15, 0.2) is 0 Å². The molecular weight excluding hydrogens is 361 g/mol. The number of carbonyl (C=O) groups is 2. The van der Waals surface area contributed by atoms with E-state index in [2.05, 4.69) is 4.90 Å². The number of nitrogens with zero attached hydrogens (tertiary/aromatic N) is 2. The number of hydrogen-bond donors (Lipinski definition) is 1. The van der Waals surface area contributed by atoms with Gasteiger partial charge in [-0.1, -0.05) is 29.6 Å². The minimum atomic E-state index is -0.624. The molecule has 0 radical (unpaired) electrons. The van der Waals surface area contributed by atoms with Gasteiger partial charge in [0.25, 0.3) is 5.91 Å². The third-order valence-corrected chi connectivity index (χ3v) is 6.01. The van der Waals surface area contributed by atoms with E-state index >= 15 is 0 Å². The van der Waals surface area contributed by atoms with E-state index < -0.39 is 5.54 Å². The number of rotatable bonds is 3. The molecule has 2 fully saturated rings. The second-order valence-electron chi connectivity index (χ2n) is 6.86. The Morgan fingerprint density at radius 3 is 2.20 bits per heavy atom. The molecular formula is C18H23Cl2N3O2. The molecule has 25 heavy (non-hydrogen) atoms. The van der Waals surface area contributed by atoms with Crippen molar-refractivity contribution < 1.29 is 9.59 Å². The molecule has 0 atom stereocenters. The van der Waals surface area contributed by atoms with Gasteiger partial charge in [-0.2, -0.15) is 0 Å². The van der Waals surface area contributed by atoms with E-state index in [1.807, 2.05) is 0 Å². The Morgan fingerprint density at radius 2 is 1.64 bits per heavy atom. The molecule has 7 heteroatoms. The van der Waals surface area contributed by atoms with Crippen LogP contribution in [0.1, 0.15) is 42.5 Å². The molecule has 2 saturated heterocycles. The first-order valence-corrected chi connectivity index (χ1v) is 9.49. The lowest BCUT2D eigenvalue weighted by atomic mass is 9.83. The molecule has 2 heterocycles. The Kier molecular flexibility index (Phi) is 5.56. The number of piperidine rings is 2. The number of halogens is 2. The molecule has 3 rings (SSSR count). The summed E-state index contributed by atoms with van der Waals surface area (Å²) in [6.07, 6.45) is 4.53. The monoisotopic (exact) mass is 383 g/mol. The highest BCUT2D eigenvalue weighted by atomic mass is 35.5. The van der Waals surface area contributed by atoms with Crippen LogP contribution in [0.15, 0.2) is 18.2 Å². The first-order valence-electron chi connectivity index (χ1n) is 8.73. The third-order valence-electron chi connectivity index (χ3n) is 5.46. The van der Waals surface area contributed by atoms with Crippen molar-refractivity contribution in [2.24, 2.45) is 5.73 Å². The number of benzene rings is 1. The van der Waals surface area contributed by atoms with Crippen LogP contribution in [0.3, 0.4) is 0 Å². The maximum absolute atomic E-state index is 12.8. The molecule has 2 aliphatic rings. The summed E-state index contributed by atoms with van der Waals surface area (Å²) in [5.41, 5.74) is 5.60. The van der Waals surface area contributed by atoms with Crippen molar-refractivity contribution in [1.29, 1.82) is 0 Å². The van der Waals surface area contributed by atoms with Gasteiger partial charge in [-0.3, -0.25) is 14.5 Å². The lowest BCUT2D eigenvalue weighted by Crippen LogP contribution is -2.63. The Morgan fingerprint density at radius 1 is 1.00 bits per heavy atom. The zero-order valence-electron chi connectivity index (χ0n) is 14.1. The van der Waals surface area contributed by atoms with Crippen LogP contribution in [0, 0.1) is 0 Å². The molecule has 2 amide bonds. The maximum Gasteiger partial charge on any atom is 0.255 e. The van der Waals surface area contributed by atoms with Gasteiger partial charge < -0.3 is 10.6 Å². The van der Waals surface area contributed by atoms with Gasteiger partial charge >= 0.3 is 0 Å². The van der Waals surface area contributed by atoms with Crippen LogP contribution < -0.4 is 5.73 Å². The lowest BCUT2D eigenvalue weighted by Gasteiger charge is -2.48. The minimum Gasteiger partial charge on any atom is -0.368 e. The van der Waals surface area contributed by atoms with Crippen LogP contribution in [0.2, 0.25) is 10.0 Å². The predicted octanol–water partition coefficient (Wildman–Crippen LogP) is 2.94. The van der Waals surface area contributed by atoms with E-state index in [0.29, 0.717) is 41.5 Å². The fourth-order valence-electron chi connectivity index (χ4n) is 3.95. The van der Waals surface area contributed by atoms with E-state index in [-0.39, 0.29) is 11.8 Å². The SMILES string of the molecule is NC(=O)C1(N2CCCCC2)CCN(C(=O)c2ccc(Cl)cc2Cl)CC1. The fourth-order valence-corrected chi connectivity index (χ4v) is 4.44. The number of likely N-dealkylation sites (tertiary alicyclic amines) is 2. The summed E-state index contributed by atoms with van der Waals surface area (Å²) in [5, 5.41) is 0.846. The number of nitrogens with two attached hydrogens (primary N) is 1. The molecule has 0 bridgehead atoms. The second kappa shape index (κ2) is 7.52. The summed E-state index contributed by atoms with van der Waals surface area (Å²) in [5.74, 6) is -0.399. The summed E-state index contributed by atoms with van der Waals surface area (Å²) in [4.78, 5) is 29.0. The van der Waals surface area contributed by atoms with Crippen LogP contribution >= 0.6 is 23.2 Å². The molecule has 0 aliphatic carbocycles. The first kappa shape index (κ1) is 18.5. The van der Waals surface area contributed by atoms with Crippen molar-refractivity contribution in [1.82, 2.24) is 9.80 Å². The van der Waals surface area contributed by atoms with Crippen LogP contribution in [0.4, 0.5) is 0 Å². The van der Waals surface area contributed by atoms with Gasteiger partial charge in [0.05, 0.1) is 10.6 Å². The summed E-state index contributed by atoms with van der Waals surface area (Å²) in [6.45, 7) is 2.80. The lowest BCUT2D eigenvalue weighted by molar-refractivity contribution is -0.134. The van der Waals surface area contributed by atoms with Crippen LogP contribution in [0.25, 0.3) is 0 Å². The average molecular weight is 384 g/mol. The molecule has 0 unspecified atom stereocenters. The Labute approximate surface area is 158 Å². The smallest absolute Gasteiger partial charge is 0.255 e. The molecule has 0 saturated carbocycles. The van der Waals surface area contributed by atoms with Gasteiger partial charge in [0.1, 0.15) is 5.54 Å². The van der Waals surface area contributed by atoms with Crippen molar-refractivity contribution in [3.63, 3.8) is 0 Å². The molecule has 1 aromatic rings. The van der Waals surface area contributed by atoms with E-state index in [1.54, 1.807) is 23.1 Å². The molecule has 136 valence electrons. The molecule has 1 aromatic carbocycles. The highest BCUT2D eigenvalue weighted by Crippen LogP contribution is 2.32. The van der Waals surface area contributed by atoms with Crippen LogP contribution in [0.5, 0.6) is 0 Å².